The molecule has 172 valence electrons. The number of nitrogens with zero attached hydrogens (tertiary/aromatic N) is 4. The molecule has 1 amide bonds. The molecule has 1 heterocycles. The van der Waals surface area contributed by atoms with Crippen LogP contribution in [0.4, 0.5) is 11.4 Å². The topological polar surface area (TPSA) is 213 Å². The van der Waals surface area contributed by atoms with Crippen molar-refractivity contribution in [2.24, 2.45) is 27.2 Å². The third-order valence-electron chi connectivity index (χ3n) is 4.20. The largest absolute Gasteiger partial charge is 0.370 e. The quantitative estimate of drug-likeness (QED) is 0.248. The SMILES string of the molecule is CC(=O)Nc1ccc(S(=O)(=O)Nn2c(C)nc3ccc(N=C(N)N=C(N)N)cc3c2=O)cc1. The first kappa shape index (κ1) is 23.2. The number of nitrogens with two attached hydrogens (primary N) is 3. The van der Waals surface area contributed by atoms with Gasteiger partial charge in [0.25, 0.3) is 15.6 Å². The summed E-state index contributed by atoms with van der Waals surface area (Å²) in [5, 5.41) is 2.63. The fourth-order valence-corrected chi connectivity index (χ4v) is 3.90. The van der Waals surface area contributed by atoms with Crippen molar-refractivity contribution in [1.29, 1.82) is 0 Å². The first-order chi connectivity index (χ1) is 15.5. The lowest BCUT2D eigenvalue weighted by Gasteiger charge is -2.14. The zero-order valence-corrected chi connectivity index (χ0v) is 18.4. The van der Waals surface area contributed by atoms with E-state index in [4.69, 9.17) is 17.2 Å². The van der Waals surface area contributed by atoms with Crippen LogP contribution in [0.1, 0.15) is 12.7 Å². The number of aromatic nitrogens is 2. The van der Waals surface area contributed by atoms with E-state index in [-0.39, 0.29) is 39.6 Å². The molecular formula is C19H21N9O4S. The normalized spacial score (nSPS) is 11.8. The molecule has 3 rings (SSSR count). The van der Waals surface area contributed by atoms with E-state index in [0.29, 0.717) is 11.2 Å². The molecule has 33 heavy (non-hydrogen) atoms. The van der Waals surface area contributed by atoms with Crippen LogP contribution in [0.3, 0.4) is 0 Å². The Labute approximate surface area is 188 Å². The van der Waals surface area contributed by atoms with Crippen LogP contribution in [-0.2, 0) is 14.8 Å². The highest BCUT2D eigenvalue weighted by Gasteiger charge is 2.18. The smallest absolute Gasteiger partial charge is 0.280 e. The number of benzene rings is 2. The maximum absolute atomic E-state index is 13.1. The zero-order chi connectivity index (χ0) is 24.3. The maximum atomic E-state index is 13.1. The molecule has 0 aliphatic rings. The average molecular weight is 472 g/mol. The second-order valence-electron chi connectivity index (χ2n) is 6.81. The minimum Gasteiger partial charge on any atom is -0.370 e. The molecular weight excluding hydrogens is 450 g/mol. The first-order valence-corrected chi connectivity index (χ1v) is 10.8. The van der Waals surface area contributed by atoms with E-state index >= 15 is 0 Å². The Morgan fingerprint density at radius 2 is 1.76 bits per heavy atom. The summed E-state index contributed by atoms with van der Waals surface area (Å²) in [5.74, 6) is -0.687. The van der Waals surface area contributed by atoms with Crippen LogP contribution in [0, 0.1) is 6.92 Å². The van der Waals surface area contributed by atoms with Crippen LogP contribution in [0.15, 0.2) is 62.1 Å². The predicted octanol–water partition coefficient (Wildman–Crippen LogP) is -0.185. The van der Waals surface area contributed by atoms with Crippen molar-refractivity contribution in [3.8, 4) is 0 Å². The Balaban J connectivity index is 2.01. The van der Waals surface area contributed by atoms with Crippen molar-refractivity contribution in [1.82, 2.24) is 9.66 Å². The molecule has 0 saturated carbocycles. The minimum atomic E-state index is -4.15. The van der Waals surface area contributed by atoms with Gasteiger partial charge in [0.15, 0.2) is 5.96 Å². The summed E-state index contributed by atoms with van der Waals surface area (Å²) in [7, 11) is -4.15. The van der Waals surface area contributed by atoms with Crippen molar-refractivity contribution < 1.29 is 13.2 Å². The number of rotatable bonds is 5. The lowest BCUT2D eigenvalue weighted by atomic mass is 10.2. The van der Waals surface area contributed by atoms with E-state index in [0.717, 1.165) is 4.68 Å². The molecule has 0 unspecified atom stereocenters. The monoisotopic (exact) mass is 471 g/mol. The molecule has 0 aliphatic carbocycles. The van der Waals surface area contributed by atoms with Gasteiger partial charge in [-0.15, -0.1) is 0 Å². The average Bonchev–Trinajstić information content (AvgIpc) is 2.71. The molecule has 1 aromatic heterocycles. The van der Waals surface area contributed by atoms with Gasteiger partial charge in [0, 0.05) is 12.6 Å². The fraction of sp³-hybridized carbons (Fsp3) is 0.105. The number of anilines is 1. The zero-order valence-electron chi connectivity index (χ0n) is 17.6. The highest BCUT2D eigenvalue weighted by Crippen LogP contribution is 2.19. The summed E-state index contributed by atoms with van der Waals surface area (Å²) >= 11 is 0. The van der Waals surface area contributed by atoms with Crippen molar-refractivity contribution in [2.75, 3.05) is 10.1 Å². The number of carbonyl (C=O) groups excluding carboxylic acids is 1. The van der Waals surface area contributed by atoms with Crippen LogP contribution in [0.2, 0.25) is 0 Å². The number of guanidine groups is 2. The number of carbonyl (C=O) groups is 1. The van der Waals surface area contributed by atoms with Gasteiger partial charge in [0.1, 0.15) is 5.82 Å². The van der Waals surface area contributed by atoms with Gasteiger partial charge in [-0.1, -0.05) is 0 Å². The number of hydrogen-bond donors (Lipinski definition) is 5. The van der Waals surface area contributed by atoms with E-state index in [1.54, 1.807) is 6.07 Å². The van der Waals surface area contributed by atoms with Crippen molar-refractivity contribution in [3.05, 3.63) is 58.6 Å². The number of nitrogens with one attached hydrogen (secondary N) is 2. The number of aliphatic imine (C=N–C) groups is 2. The number of hydrogen-bond acceptors (Lipinski definition) is 6. The molecule has 0 spiro atoms. The highest BCUT2D eigenvalue weighted by atomic mass is 32.2. The number of sulfonamides is 1. The number of amides is 1. The Kier molecular flexibility index (Phi) is 6.30. The van der Waals surface area contributed by atoms with Gasteiger partial charge in [-0.3, -0.25) is 9.59 Å². The third kappa shape index (κ3) is 5.43. The molecule has 0 bridgehead atoms. The number of aryl methyl sites for hydroxylation is 1. The predicted molar refractivity (Wildman–Crippen MR) is 125 cm³/mol. The van der Waals surface area contributed by atoms with Gasteiger partial charge in [-0.05, 0) is 49.4 Å². The summed E-state index contributed by atoms with van der Waals surface area (Å²) in [4.78, 5) is 38.1. The minimum absolute atomic E-state index is 0.0862. The van der Waals surface area contributed by atoms with E-state index in [1.165, 1.54) is 50.2 Å². The third-order valence-corrected chi connectivity index (χ3v) is 5.52. The molecule has 0 aliphatic heterocycles. The van der Waals surface area contributed by atoms with Gasteiger partial charge >= 0.3 is 0 Å². The van der Waals surface area contributed by atoms with Crippen LogP contribution in [-0.4, -0.2) is 35.9 Å². The summed E-state index contributed by atoms with van der Waals surface area (Å²) in [6, 6.07) is 9.90. The molecule has 0 fully saturated rings. The Hall–Kier alpha value is -4.46. The molecule has 0 radical (unpaired) electrons. The molecule has 14 heteroatoms. The Bertz CT molecular complexity index is 1460. The van der Waals surface area contributed by atoms with E-state index in [1.807, 2.05) is 0 Å². The Morgan fingerprint density at radius 3 is 2.36 bits per heavy atom. The Morgan fingerprint density at radius 1 is 1.09 bits per heavy atom. The summed E-state index contributed by atoms with van der Waals surface area (Å²) in [5.41, 5.74) is 16.5. The van der Waals surface area contributed by atoms with Crippen LogP contribution in [0.5, 0.6) is 0 Å². The van der Waals surface area contributed by atoms with E-state index in [9.17, 15) is 18.0 Å². The highest BCUT2D eigenvalue weighted by molar-refractivity contribution is 7.92. The lowest BCUT2D eigenvalue weighted by molar-refractivity contribution is -0.114. The van der Waals surface area contributed by atoms with E-state index < -0.39 is 15.6 Å². The summed E-state index contributed by atoms with van der Waals surface area (Å²) in [6.45, 7) is 2.81. The van der Waals surface area contributed by atoms with Crippen molar-refractivity contribution in [2.45, 2.75) is 18.7 Å². The van der Waals surface area contributed by atoms with Crippen molar-refractivity contribution >= 4 is 50.1 Å². The van der Waals surface area contributed by atoms with Crippen LogP contribution < -0.4 is 32.9 Å². The van der Waals surface area contributed by atoms with Crippen LogP contribution >= 0.6 is 0 Å². The van der Waals surface area contributed by atoms with E-state index in [2.05, 4.69) is 25.1 Å². The molecule has 3 aromatic rings. The van der Waals surface area contributed by atoms with Gasteiger partial charge < -0.3 is 22.5 Å². The molecule has 13 nitrogen and oxygen atoms in total. The lowest BCUT2D eigenvalue weighted by Crippen LogP contribution is -2.35. The molecule has 2 aromatic carbocycles. The fourth-order valence-electron chi connectivity index (χ4n) is 2.84. The molecule has 8 N–H and O–H groups in total. The second-order valence-corrected chi connectivity index (χ2v) is 8.47. The van der Waals surface area contributed by atoms with Crippen molar-refractivity contribution in [3.63, 3.8) is 0 Å². The molecule has 0 atom stereocenters. The standard InChI is InChI=1S/C19H21N9O4S/c1-10-23-16-8-5-13(25-19(22)26-18(20)21)9-15(16)17(30)28(10)27-33(31,32)14-6-3-12(4-7-14)24-11(2)29/h3-9,27H,1-2H3,(H,24,29)(H6,20,21,22,25,26). The van der Waals surface area contributed by atoms with Gasteiger partial charge in [0.05, 0.1) is 21.5 Å². The van der Waals surface area contributed by atoms with Gasteiger partial charge in [0.2, 0.25) is 11.9 Å². The van der Waals surface area contributed by atoms with Gasteiger partial charge in [-0.25, -0.2) is 14.8 Å². The van der Waals surface area contributed by atoms with Gasteiger partial charge in [-0.2, -0.15) is 18.1 Å². The number of fused-ring (bicyclic) bond motifs is 1. The summed E-state index contributed by atoms with van der Waals surface area (Å²) in [6.07, 6.45) is 0. The van der Waals surface area contributed by atoms with Crippen LogP contribution in [0.25, 0.3) is 10.9 Å². The summed E-state index contributed by atoms with van der Waals surface area (Å²) < 4.78 is 26.5. The molecule has 0 saturated heterocycles. The maximum Gasteiger partial charge on any atom is 0.280 e. The first-order valence-electron chi connectivity index (χ1n) is 9.34. The second kappa shape index (κ2) is 8.96.